The zero-order valence-corrected chi connectivity index (χ0v) is 12.4. The van der Waals surface area contributed by atoms with Crippen LogP contribution in [0.25, 0.3) is 0 Å². The predicted octanol–water partition coefficient (Wildman–Crippen LogP) is 2.33. The molecule has 1 heterocycles. The van der Waals surface area contributed by atoms with Crippen LogP contribution in [0, 0.1) is 13.8 Å². The first kappa shape index (κ1) is 14.6. The SMILES string of the molecule is CCCC1NC(=O)CCN(c2cccc(C)c2C)C1=O. The second-order valence-corrected chi connectivity index (χ2v) is 5.37. The van der Waals surface area contributed by atoms with Crippen molar-refractivity contribution in [3.05, 3.63) is 29.3 Å². The molecule has 2 amide bonds. The second kappa shape index (κ2) is 6.07. The molecule has 1 atom stereocenters. The fourth-order valence-corrected chi connectivity index (χ4v) is 2.59. The van der Waals surface area contributed by atoms with Gasteiger partial charge in [0.05, 0.1) is 0 Å². The summed E-state index contributed by atoms with van der Waals surface area (Å²) >= 11 is 0. The molecule has 0 saturated carbocycles. The highest BCUT2D eigenvalue weighted by atomic mass is 16.2. The molecule has 1 unspecified atom stereocenters. The van der Waals surface area contributed by atoms with E-state index in [0.717, 1.165) is 23.2 Å². The van der Waals surface area contributed by atoms with Crippen LogP contribution in [0.3, 0.4) is 0 Å². The summed E-state index contributed by atoms with van der Waals surface area (Å²) in [5, 5.41) is 2.83. The van der Waals surface area contributed by atoms with Crippen LogP contribution in [0.5, 0.6) is 0 Å². The molecule has 108 valence electrons. The Hall–Kier alpha value is -1.84. The molecule has 1 fully saturated rings. The molecule has 4 nitrogen and oxygen atoms in total. The van der Waals surface area contributed by atoms with Crippen LogP contribution in [0.15, 0.2) is 18.2 Å². The number of rotatable bonds is 3. The molecule has 1 aliphatic rings. The molecule has 4 heteroatoms. The average Bonchev–Trinajstić information content (AvgIpc) is 2.55. The monoisotopic (exact) mass is 274 g/mol. The van der Waals surface area contributed by atoms with Gasteiger partial charge >= 0.3 is 0 Å². The Morgan fingerprint density at radius 3 is 2.75 bits per heavy atom. The van der Waals surface area contributed by atoms with Crippen LogP contribution < -0.4 is 10.2 Å². The normalized spacial score (nSPS) is 19.8. The number of nitrogens with zero attached hydrogens (tertiary/aromatic N) is 1. The van der Waals surface area contributed by atoms with Crippen LogP contribution in [-0.2, 0) is 9.59 Å². The molecule has 0 aromatic heterocycles. The number of amides is 2. The molecule has 0 bridgehead atoms. The molecular formula is C16H22N2O2. The third-order valence-electron chi connectivity index (χ3n) is 3.91. The Balaban J connectivity index is 2.36. The van der Waals surface area contributed by atoms with E-state index < -0.39 is 6.04 Å². The van der Waals surface area contributed by atoms with Gasteiger partial charge in [0.2, 0.25) is 11.8 Å². The summed E-state index contributed by atoms with van der Waals surface area (Å²) in [5.74, 6) is -0.0315. The van der Waals surface area contributed by atoms with E-state index in [1.807, 2.05) is 39.0 Å². The number of hydrogen-bond donors (Lipinski definition) is 1. The van der Waals surface area contributed by atoms with Crippen LogP contribution in [0.2, 0.25) is 0 Å². The first-order chi connectivity index (χ1) is 9.54. The van der Waals surface area contributed by atoms with E-state index in [2.05, 4.69) is 5.32 Å². The largest absolute Gasteiger partial charge is 0.344 e. The van der Waals surface area contributed by atoms with Crippen molar-refractivity contribution in [1.82, 2.24) is 5.32 Å². The van der Waals surface area contributed by atoms with Gasteiger partial charge in [-0.3, -0.25) is 9.59 Å². The Labute approximate surface area is 120 Å². The highest BCUT2D eigenvalue weighted by Crippen LogP contribution is 2.25. The van der Waals surface area contributed by atoms with Gasteiger partial charge in [-0.25, -0.2) is 0 Å². The summed E-state index contributed by atoms with van der Waals surface area (Å²) in [6.07, 6.45) is 1.92. The van der Waals surface area contributed by atoms with Gasteiger partial charge in [0.15, 0.2) is 0 Å². The second-order valence-electron chi connectivity index (χ2n) is 5.37. The van der Waals surface area contributed by atoms with E-state index in [9.17, 15) is 9.59 Å². The van der Waals surface area contributed by atoms with Crippen molar-refractivity contribution < 1.29 is 9.59 Å². The summed E-state index contributed by atoms with van der Waals surface area (Å²) in [7, 11) is 0. The fraction of sp³-hybridized carbons (Fsp3) is 0.500. The lowest BCUT2D eigenvalue weighted by atomic mass is 10.1. The maximum Gasteiger partial charge on any atom is 0.249 e. The van der Waals surface area contributed by atoms with Crippen molar-refractivity contribution >= 4 is 17.5 Å². The van der Waals surface area contributed by atoms with E-state index >= 15 is 0 Å². The number of benzene rings is 1. The molecular weight excluding hydrogens is 252 g/mol. The van der Waals surface area contributed by atoms with Gasteiger partial charge in [0, 0.05) is 18.7 Å². The first-order valence-corrected chi connectivity index (χ1v) is 7.21. The smallest absolute Gasteiger partial charge is 0.249 e. The van der Waals surface area contributed by atoms with Crippen LogP contribution in [-0.4, -0.2) is 24.4 Å². The van der Waals surface area contributed by atoms with E-state index in [0.29, 0.717) is 19.4 Å². The highest BCUT2D eigenvalue weighted by Gasteiger charge is 2.30. The lowest BCUT2D eigenvalue weighted by Crippen LogP contribution is -2.44. The molecule has 0 aliphatic carbocycles. The summed E-state index contributed by atoms with van der Waals surface area (Å²) in [5.41, 5.74) is 3.18. The Morgan fingerprint density at radius 1 is 1.30 bits per heavy atom. The molecule has 1 aliphatic heterocycles. The molecule has 1 saturated heterocycles. The zero-order valence-electron chi connectivity index (χ0n) is 12.4. The molecule has 1 N–H and O–H groups in total. The average molecular weight is 274 g/mol. The third-order valence-corrected chi connectivity index (χ3v) is 3.91. The Kier molecular flexibility index (Phi) is 4.42. The summed E-state index contributed by atoms with van der Waals surface area (Å²) in [4.78, 5) is 26.2. The topological polar surface area (TPSA) is 49.4 Å². The fourth-order valence-electron chi connectivity index (χ4n) is 2.59. The molecule has 0 radical (unpaired) electrons. The van der Waals surface area contributed by atoms with Gasteiger partial charge in [0.1, 0.15) is 6.04 Å². The van der Waals surface area contributed by atoms with Crippen LogP contribution >= 0.6 is 0 Å². The molecule has 2 rings (SSSR count). The van der Waals surface area contributed by atoms with Crippen molar-refractivity contribution in [3.63, 3.8) is 0 Å². The van der Waals surface area contributed by atoms with Crippen molar-refractivity contribution in [3.8, 4) is 0 Å². The van der Waals surface area contributed by atoms with Crippen molar-refractivity contribution in [1.29, 1.82) is 0 Å². The van der Waals surface area contributed by atoms with Crippen LogP contribution in [0.4, 0.5) is 5.69 Å². The Bertz CT molecular complexity index is 525. The summed E-state index contributed by atoms with van der Waals surface area (Å²) in [6.45, 7) is 6.53. The van der Waals surface area contributed by atoms with Gasteiger partial charge in [-0.05, 0) is 37.5 Å². The van der Waals surface area contributed by atoms with E-state index in [4.69, 9.17) is 0 Å². The summed E-state index contributed by atoms with van der Waals surface area (Å²) < 4.78 is 0. The van der Waals surface area contributed by atoms with Crippen molar-refractivity contribution in [2.45, 2.75) is 46.1 Å². The molecule has 20 heavy (non-hydrogen) atoms. The van der Waals surface area contributed by atoms with Gasteiger partial charge in [-0.1, -0.05) is 25.5 Å². The maximum absolute atomic E-state index is 12.7. The predicted molar refractivity (Wildman–Crippen MR) is 79.7 cm³/mol. The number of carbonyl (C=O) groups excluding carboxylic acids is 2. The third kappa shape index (κ3) is 2.84. The van der Waals surface area contributed by atoms with Gasteiger partial charge in [0.25, 0.3) is 0 Å². The quantitative estimate of drug-likeness (QED) is 0.919. The van der Waals surface area contributed by atoms with E-state index in [-0.39, 0.29) is 11.8 Å². The zero-order chi connectivity index (χ0) is 14.7. The van der Waals surface area contributed by atoms with Crippen molar-refractivity contribution in [2.24, 2.45) is 0 Å². The van der Waals surface area contributed by atoms with Gasteiger partial charge in [-0.2, -0.15) is 0 Å². The minimum Gasteiger partial charge on any atom is -0.344 e. The Morgan fingerprint density at radius 2 is 2.05 bits per heavy atom. The minimum absolute atomic E-state index is 0.00593. The van der Waals surface area contributed by atoms with Crippen molar-refractivity contribution in [2.75, 3.05) is 11.4 Å². The van der Waals surface area contributed by atoms with Gasteiger partial charge in [-0.15, -0.1) is 0 Å². The number of aryl methyl sites for hydroxylation is 1. The highest BCUT2D eigenvalue weighted by molar-refractivity contribution is 6.01. The number of hydrogen-bond acceptors (Lipinski definition) is 2. The van der Waals surface area contributed by atoms with E-state index in [1.165, 1.54) is 0 Å². The van der Waals surface area contributed by atoms with Crippen LogP contribution in [0.1, 0.15) is 37.3 Å². The van der Waals surface area contributed by atoms with E-state index in [1.54, 1.807) is 4.90 Å². The standard InChI is InChI=1S/C16H22N2O2/c1-4-6-13-16(20)18(10-9-15(19)17-13)14-8-5-7-11(2)12(14)3/h5,7-8,13H,4,6,9-10H2,1-3H3,(H,17,19). The molecule has 1 aromatic carbocycles. The first-order valence-electron chi connectivity index (χ1n) is 7.21. The lowest BCUT2D eigenvalue weighted by molar-refractivity contribution is -0.125. The molecule has 1 aromatic rings. The summed E-state index contributed by atoms with van der Waals surface area (Å²) in [6, 6.07) is 5.56. The number of anilines is 1. The lowest BCUT2D eigenvalue weighted by Gasteiger charge is -2.26. The number of nitrogens with one attached hydrogen (secondary N) is 1. The maximum atomic E-state index is 12.7. The minimum atomic E-state index is -0.394. The number of carbonyl (C=O) groups is 2. The molecule has 0 spiro atoms. The van der Waals surface area contributed by atoms with Gasteiger partial charge < -0.3 is 10.2 Å².